The fourth-order valence-corrected chi connectivity index (χ4v) is 7.41. The first-order chi connectivity index (χ1) is 20.7. The molecule has 198 valence electrons. The van der Waals surface area contributed by atoms with E-state index in [4.69, 9.17) is 23.2 Å². The highest BCUT2D eigenvalue weighted by Crippen LogP contribution is 2.45. The summed E-state index contributed by atoms with van der Waals surface area (Å²) in [5.74, 6) is 0. The Morgan fingerprint density at radius 2 is 0.690 bits per heavy atom. The van der Waals surface area contributed by atoms with Crippen molar-refractivity contribution in [2.45, 2.75) is 0 Å². The highest BCUT2D eigenvalue weighted by molar-refractivity contribution is 6.40. The standard InChI is InChI=1S/C38H22Cl2N2/c39-31-21-35-37(27-17-9-7-15-25(27)31)29-20-34-30(19-33(29)41(35)23-11-3-1-4-12-23)38-28-18-10-8-16-26(28)32(40)22-36(38)42(34)24-13-5-2-6-14-24/h1-22H. The first-order valence-corrected chi connectivity index (χ1v) is 14.8. The van der Waals surface area contributed by atoms with Crippen molar-refractivity contribution in [2.24, 2.45) is 0 Å². The Morgan fingerprint density at radius 1 is 0.333 bits per heavy atom. The van der Waals surface area contributed by atoms with E-state index in [1.54, 1.807) is 0 Å². The van der Waals surface area contributed by atoms with E-state index in [0.717, 1.165) is 65.0 Å². The van der Waals surface area contributed by atoms with Gasteiger partial charge in [0.25, 0.3) is 0 Å². The minimum atomic E-state index is 0.752. The van der Waals surface area contributed by atoms with Crippen molar-refractivity contribution in [2.75, 3.05) is 0 Å². The van der Waals surface area contributed by atoms with E-state index in [2.05, 4.69) is 143 Å². The zero-order valence-corrected chi connectivity index (χ0v) is 23.9. The van der Waals surface area contributed by atoms with Crippen LogP contribution in [0, 0.1) is 0 Å². The number of fused-ring (bicyclic) bond motifs is 10. The zero-order chi connectivity index (χ0) is 27.9. The van der Waals surface area contributed by atoms with Gasteiger partial charge in [-0.25, -0.2) is 0 Å². The number of halogens is 2. The Morgan fingerprint density at radius 3 is 1.10 bits per heavy atom. The molecule has 0 spiro atoms. The van der Waals surface area contributed by atoms with Gasteiger partial charge in [0.1, 0.15) is 0 Å². The third-order valence-corrected chi connectivity index (χ3v) is 9.22. The highest BCUT2D eigenvalue weighted by atomic mass is 35.5. The second-order valence-corrected chi connectivity index (χ2v) is 11.6. The quantitative estimate of drug-likeness (QED) is 0.193. The van der Waals surface area contributed by atoms with Gasteiger partial charge in [0, 0.05) is 43.7 Å². The van der Waals surface area contributed by atoms with Crippen molar-refractivity contribution in [3.63, 3.8) is 0 Å². The van der Waals surface area contributed by atoms with Crippen LogP contribution in [0.1, 0.15) is 0 Å². The maximum atomic E-state index is 6.94. The molecule has 0 fully saturated rings. The molecule has 0 saturated carbocycles. The maximum absolute atomic E-state index is 6.94. The van der Waals surface area contributed by atoms with E-state index in [1.165, 1.54) is 21.5 Å². The van der Waals surface area contributed by atoms with Gasteiger partial charge in [0.2, 0.25) is 0 Å². The molecule has 0 aliphatic carbocycles. The molecule has 7 aromatic carbocycles. The van der Waals surface area contributed by atoms with Crippen LogP contribution in [0.2, 0.25) is 10.0 Å². The average molecular weight is 578 g/mol. The summed E-state index contributed by atoms with van der Waals surface area (Å²) in [5, 5.41) is 10.7. The number of benzene rings is 7. The van der Waals surface area contributed by atoms with Crippen LogP contribution in [0.3, 0.4) is 0 Å². The molecule has 42 heavy (non-hydrogen) atoms. The molecule has 0 aliphatic heterocycles. The topological polar surface area (TPSA) is 9.86 Å². The van der Waals surface area contributed by atoms with Gasteiger partial charge >= 0.3 is 0 Å². The van der Waals surface area contributed by atoms with Gasteiger partial charge in [-0.05, 0) is 59.3 Å². The molecule has 0 bridgehead atoms. The van der Waals surface area contributed by atoms with Crippen molar-refractivity contribution in [1.82, 2.24) is 9.13 Å². The van der Waals surface area contributed by atoms with Gasteiger partial charge in [0.05, 0.1) is 32.1 Å². The van der Waals surface area contributed by atoms with Crippen molar-refractivity contribution >= 4 is 88.4 Å². The van der Waals surface area contributed by atoms with E-state index < -0.39 is 0 Å². The van der Waals surface area contributed by atoms with Crippen LogP contribution in [0.5, 0.6) is 0 Å². The van der Waals surface area contributed by atoms with Crippen molar-refractivity contribution < 1.29 is 0 Å². The molecule has 9 aromatic rings. The van der Waals surface area contributed by atoms with Crippen LogP contribution in [-0.4, -0.2) is 9.13 Å². The summed E-state index contributed by atoms with van der Waals surface area (Å²) in [6, 6.07) is 47.0. The average Bonchev–Trinajstić information content (AvgIpc) is 3.52. The SMILES string of the molecule is Clc1cc2c(c3ccccc13)c1cc3c(cc1n2-c1ccccc1)c1c2ccccc2c(Cl)cc1n3-c1ccccc1. The van der Waals surface area contributed by atoms with Crippen molar-refractivity contribution in [3.8, 4) is 11.4 Å². The molecule has 0 amide bonds. The fraction of sp³-hybridized carbons (Fsp3) is 0. The fourth-order valence-electron chi connectivity index (χ4n) is 6.87. The molecular weight excluding hydrogens is 555 g/mol. The molecule has 2 heterocycles. The molecule has 2 aromatic heterocycles. The van der Waals surface area contributed by atoms with Crippen LogP contribution in [-0.2, 0) is 0 Å². The first kappa shape index (κ1) is 23.9. The summed E-state index contributed by atoms with van der Waals surface area (Å²) < 4.78 is 4.71. The van der Waals surface area contributed by atoms with E-state index in [9.17, 15) is 0 Å². The molecule has 2 nitrogen and oxygen atoms in total. The van der Waals surface area contributed by atoms with Gasteiger partial charge in [-0.1, -0.05) is 108 Å². The smallest absolute Gasteiger partial charge is 0.0562 e. The largest absolute Gasteiger partial charge is 0.309 e. The molecule has 0 unspecified atom stereocenters. The predicted molar refractivity (Wildman–Crippen MR) is 180 cm³/mol. The third-order valence-electron chi connectivity index (χ3n) is 8.59. The Hall–Kier alpha value is -4.76. The summed E-state index contributed by atoms with van der Waals surface area (Å²) in [5.41, 5.74) is 6.67. The highest BCUT2D eigenvalue weighted by Gasteiger charge is 2.22. The van der Waals surface area contributed by atoms with Gasteiger partial charge in [-0.2, -0.15) is 0 Å². The molecule has 0 atom stereocenters. The summed E-state index contributed by atoms with van der Waals surface area (Å²) in [6.07, 6.45) is 0. The molecule has 9 rings (SSSR count). The lowest BCUT2D eigenvalue weighted by Crippen LogP contribution is -1.94. The molecule has 0 N–H and O–H groups in total. The van der Waals surface area contributed by atoms with Crippen LogP contribution < -0.4 is 0 Å². The lowest BCUT2D eigenvalue weighted by atomic mass is 10.0. The first-order valence-electron chi connectivity index (χ1n) is 14.0. The van der Waals surface area contributed by atoms with Crippen molar-refractivity contribution in [1.29, 1.82) is 0 Å². The normalized spacial score (nSPS) is 12.0. The number of rotatable bonds is 2. The molecular formula is C38H22Cl2N2. The number of hydrogen-bond acceptors (Lipinski definition) is 0. The molecule has 4 heteroatoms. The maximum Gasteiger partial charge on any atom is 0.0562 e. The summed E-state index contributed by atoms with van der Waals surface area (Å²) in [7, 11) is 0. The van der Waals surface area contributed by atoms with Crippen LogP contribution >= 0.6 is 23.2 Å². The number of nitrogens with zero attached hydrogens (tertiary/aromatic N) is 2. The number of hydrogen-bond donors (Lipinski definition) is 0. The van der Waals surface area contributed by atoms with Crippen LogP contribution in [0.15, 0.2) is 133 Å². The predicted octanol–water partition coefficient (Wildman–Crippen LogP) is 11.5. The lowest BCUT2D eigenvalue weighted by Gasteiger charge is -2.09. The van der Waals surface area contributed by atoms with E-state index in [1.807, 2.05) is 0 Å². The zero-order valence-electron chi connectivity index (χ0n) is 22.4. The summed E-state index contributed by atoms with van der Waals surface area (Å²) in [4.78, 5) is 0. The van der Waals surface area contributed by atoms with Gasteiger partial charge in [-0.3, -0.25) is 0 Å². The summed E-state index contributed by atoms with van der Waals surface area (Å²) in [6.45, 7) is 0. The summed E-state index contributed by atoms with van der Waals surface area (Å²) >= 11 is 13.9. The Labute approximate surface area is 251 Å². The van der Waals surface area contributed by atoms with E-state index in [0.29, 0.717) is 0 Å². The second kappa shape index (κ2) is 8.87. The van der Waals surface area contributed by atoms with Gasteiger partial charge in [0.15, 0.2) is 0 Å². The molecule has 0 saturated heterocycles. The third kappa shape index (κ3) is 3.22. The van der Waals surface area contributed by atoms with Crippen molar-refractivity contribution in [3.05, 3.63) is 144 Å². The van der Waals surface area contributed by atoms with E-state index in [-0.39, 0.29) is 0 Å². The lowest BCUT2D eigenvalue weighted by molar-refractivity contribution is 1.17. The second-order valence-electron chi connectivity index (χ2n) is 10.8. The van der Waals surface area contributed by atoms with Crippen LogP contribution in [0.4, 0.5) is 0 Å². The number of aromatic nitrogens is 2. The molecule has 0 aliphatic rings. The van der Waals surface area contributed by atoms with E-state index >= 15 is 0 Å². The number of para-hydroxylation sites is 2. The van der Waals surface area contributed by atoms with Gasteiger partial charge < -0.3 is 9.13 Å². The molecule has 0 radical (unpaired) electrons. The Kier molecular flexibility index (Phi) is 5.05. The Balaban J connectivity index is 1.58. The van der Waals surface area contributed by atoms with Crippen LogP contribution in [0.25, 0.3) is 76.5 Å². The monoisotopic (exact) mass is 576 g/mol. The Bertz CT molecular complexity index is 2340. The minimum absolute atomic E-state index is 0.752. The van der Waals surface area contributed by atoms with Gasteiger partial charge in [-0.15, -0.1) is 0 Å². The minimum Gasteiger partial charge on any atom is -0.309 e.